The van der Waals surface area contributed by atoms with Gasteiger partial charge < -0.3 is 20.7 Å². The predicted molar refractivity (Wildman–Crippen MR) is 108 cm³/mol. The molecule has 9 heteroatoms. The smallest absolute Gasteiger partial charge is 0.193 e. The van der Waals surface area contributed by atoms with Gasteiger partial charge in [-0.2, -0.15) is 0 Å². The first-order valence-corrected chi connectivity index (χ1v) is 7.91. The standard InChI is InChI=1S/C17H19F2N5O.HI/c18-13-2-3-14(19)15(9-13)23-17(20)22-11-12-1-4-16(21-10-12)24-5-7-25-8-6-24;/h1-4,9-10H,5-8,11H2,(H3,20,22,23);1H. The number of aliphatic imine (C=N–C) groups is 1. The van der Waals surface area contributed by atoms with Crippen molar-refractivity contribution in [2.75, 3.05) is 36.5 Å². The van der Waals surface area contributed by atoms with Gasteiger partial charge in [-0.05, 0) is 23.8 Å². The van der Waals surface area contributed by atoms with Gasteiger partial charge in [-0.15, -0.1) is 24.0 Å². The summed E-state index contributed by atoms with van der Waals surface area (Å²) in [6.07, 6.45) is 1.73. The highest BCUT2D eigenvalue weighted by atomic mass is 127. The molecule has 0 spiro atoms. The zero-order valence-corrected chi connectivity index (χ0v) is 16.3. The van der Waals surface area contributed by atoms with Crippen molar-refractivity contribution < 1.29 is 13.5 Å². The normalized spacial score (nSPS) is 14.7. The van der Waals surface area contributed by atoms with E-state index in [1.165, 1.54) is 0 Å². The lowest BCUT2D eigenvalue weighted by Crippen LogP contribution is -2.36. The maximum atomic E-state index is 13.6. The van der Waals surface area contributed by atoms with Gasteiger partial charge in [0.2, 0.25) is 0 Å². The largest absolute Gasteiger partial charge is 0.378 e. The van der Waals surface area contributed by atoms with E-state index in [2.05, 4.69) is 20.2 Å². The molecule has 3 rings (SSSR count). The van der Waals surface area contributed by atoms with Gasteiger partial charge in [0.1, 0.15) is 17.5 Å². The molecule has 1 aliphatic heterocycles. The molecule has 1 aromatic carbocycles. The third-order valence-electron chi connectivity index (χ3n) is 3.77. The van der Waals surface area contributed by atoms with Crippen molar-refractivity contribution in [1.82, 2.24) is 4.98 Å². The third-order valence-corrected chi connectivity index (χ3v) is 3.77. The minimum absolute atomic E-state index is 0. The van der Waals surface area contributed by atoms with E-state index < -0.39 is 11.6 Å². The summed E-state index contributed by atoms with van der Waals surface area (Å²) >= 11 is 0. The Kier molecular flexibility index (Phi) is 7.51. The van der Waals surface area contributed by atoms with Crippen molar-refractivity contribution in [2.24, 2.45) is 10.7 Å². The number of hydrogen-bond acceptors (Lipinski definition) is 4. The lowest BCUT2D eigenvalue weighted by atomic mass is 10.2. The fourth-order valence-corrected chi connectivity index (χ4v) is 2.44. The zero-order valence-electron chi connectivity index (χ0n) is 14.0. The van der Waals surface area contributed by atoms with Crippen LogP contribution in [0.2, 0.25) is 0 Å². The second-order valence-electron chi connectivity index (χ2n) is 5.57. The van der Waals surface area contributed by atoms with E-state index in [-0.39, 0.29) is 42.2 Å². The van der Waals surface area contributed by atoms with Gasteiger partial charge in [-0.3, -0.25) is 0 Å². The third kappa shape index (κ3) is 5.49. The van der Waals surface area contributed by atoms with Crippen molar-refractivity contribution in [2.45, 2.75) is 6.54 Å². The number of nitrogens with one attached hydrogen (secondary N) is 1. The number of benzene rings is 1. The van der Waals surface area contributed by atoms with Crippen LogP contribution in [-0.4, -0.2) is 37.2 Å². The summed E-state index contributed by atoms with van der Waals surface area (Å²) in [5, 5.41) is 2.55. The Morgan fingerprint density at radius 1 is 1.23 bits per heavy atom. The Bertz CT molecular complexity index is 751. The first-order valence-electron chi connectivity index (χ1n) is 7.91. The molecule has 0 saturated carbocycles. The van der Waals surface area contributed by atoms with Crippen molar-refractivity contribution in [3.05, 3.63) is 53.7 Å². The molecule has 0 bridgehead atoms. The minimum Gasteiger partial charge on any atom is -0.378 e. The zero-order chi connectivity index (χ0) is 17.6. The number of nitrogens with zero attached hydrogens (tertiary/aromatic N) is 3. The Hall–Kier alpha value is -2.01. The van der Waals surface area contributed by atoms with E-state index >= 15 is 0 Å². The Labute approximate surface area is 167 Å². The molecule has 2 aromatic rings. The van der Waals surface area contributed by atoms with Crippen molar-refractivity contribution in [3.63, 3.8) is 0 Å². The maximum absolute atomic E-state index is 13.6. The molecule has 0 unspecified atom stereocenters. The van der Waals surface area contributed by atoms with Crippen LogP contribution in [0.15, 0.2) is 41.5 Å². The molecule has 1 fully saturated rings. The number of nitrogens with two attached hydrogens (primary N) is 1. The number of aromatic nitrogens is 1. The minimum atomic E-state index is -0.601. The number of anilines is 2. The fraction of sp³-hybridized carbons (Fsp3) is 0.294. The molecular weight excluding hydrogens is 455 g/mol. The molecule has 0 radical (unpaired) electrons. The molecule has 1 aliphatic rings. The first-order chi connectivity index (χ1) is 12.1. The summed E-state index contributed by atoms with van der Waals surface area (Å²) in [4.78, 5) is 10.7. The summed E-state index contributed by atoms with van der Waals surface area (Å²) in [5.41, 5.74) is 6.54. The van der Waals surface area contributed by atoms with E-state index in [1.807, 2.05) is 12.1 Å². The Morgan fingerprint density at radius 3 is 2.69 bits per heavy atom. The van der Waals surface area contributed by atoms with Gasteiger partial charge in [-0.1, -0.05) is 6.07 Å². The molecule has 0 amide bonds. The molecule has 3 N–H and O–H groups in total. The molecule has 26 heavy (non-hydrogen) atoms. The summed E-state index contributed by atoms with van der Waals surface area (Å²) < 4.78 is 32.0. The van der Waals surface area contributed by atoms with Gasteiger partial charge in [0.25, 0.3) is 0 Å². The van der Waals surface area contributed by atoms with Crippen molar-refractivity contribution in [1.29, 1.82) is 0 Å². The molecule has 6 nitrogen and oxygen atoms in total. The lowest BCUT2D eigenvalue weighted by molar-refractivity contribution is 0.122. The molecule has 1 aromatic heterocycles. The summed E-state index contributed by atoms with van der Waals surface area (Å²) in [5.74, 6) is -0.263. The maximum Gasteiger partial charge on any atom is 0.193 e. The quantitative estimate of drug-likeness (QED) is 0.404. The SMILES string of the molecule is I.NC(=NCc1ccc(N2CCOCC2)nc1)Nc1cc(F)ccc1F. The van der Waals surface area contributed by atoms with Gasteiger partial charge in [0.15, 0.2) is 5.96 Å². The van der Waals surface area contributed by atoms with Crippen LogP contribution in [0.3, 0.4) is 0 Å². The number of halogens is 3. The summed E-state index contributed by atoms with van der Waals surface area (Å²) in [6, 6.07) is 6.93. The van der Waals surface area contributed by atoms with Crippen LogP contribution in [0.1, 0.15) is 5.56 Å². The van der Waals surface area contributed by atoms with E-state index in [9.17, 15) is 8.78 Å². The van der Waals surface area contributed by atoms with Crippen LogP contribution in [0.4, 0.5) is 20.3 Å². The van der Waals surface area contributed by atoms with E-state index in [0.717, 1.165) is 42.7 Å². The van der Waals surface area contributed by atoms with Gasteiger partial charge >= 0.3 is 0 Å². The number of morpholine rings is 1. The van der Waals surface area contributed by atoms with Crippen LogP contribution >= 0.6 is 24.0 Å². The topological polar surface area (TPSA) is 75.8 Å². The molecule has 0 atom stereocenters. The molecule has 140 valence electrons. The van der Waals surface area contributed by atoms with E-state index in [1.54, 1.807) is 6.20 Å². The number of pyridine rings is 1. The fourth-order valence-electron chi connectivity index (χ4n) is 2.44. The highest BCUT2D eigenvalue weighted by Gasteiger charge is 2.11. The van der Waals surface area contributed by atoms with Crippen LogP contribution < -0.4 is 16.0 Å². The molecule has 2 heterocycles. The first kappa shape index (κ1) is 20.3. The van der Waals surface area contributed by atoms with Gasteiger partial charge in [0, 0.05) is 25.4 Å². The van der Waals surface area contributed by atoms with Crippen LogP contribution in [0.5, 0.6) is 0 Å². The lowest BCUT2D eigenvalue weighted by Gasteiger charge is -2.27. The van der Waals surface area contributed by atoms with Crippen LogP contribution in [-0.2, 0) is 11.3 Å². The number of guanidine groups is 1. The van der Waals surface area contributed by atoms with E-state index in [0.29, 0.717) is 13.2 Å². The van der Waals surface area contributed by atoms with E-state index in [4.69, 9.17) is 10.5 Å². The second-order valence-corrected chi connectivity index (χ2v) is 5.57. The summed E-state index contributed by atoms with van der Waals surface area (Å²) in [7, 11) is 0. The number of hydrogen-bond donors (Lipinski definition) is 2. The Balaban J connectivity index is 0.00000243. The summed E-state index contributed by atoms with van der Waals surface area (Å²) in [6.45, 7) is 3.33. The molecule has 1 saturated heterocycles. The number of rotatable bonds is 4. The average molecular weight is 475 g/mol. The van der Waals surface area contributed by atoms with Crippen LogP contribution in [0, 0.1) is 11.6 Å². The second kappa shape index (κ2) is 9.62. The monoisotopic (exact) mass is 475 g/mol. The predicted octanol–water partition coefficient (Wildman–Crippen LogP) is 2.74. The van der Waals surface area contributed by atoms with Gasteiger partial charge in [0.05, 0.1) is 25.4 Å². The highest BCUT2D eigenvalue weighted by molar-refractivity contribution is 14.0. The highest BCUT2D eigenvalue weighted by Crippen LogP contribution is 2.15. The van der Waals surface area contributed by atoms with Gasteiger partial charge in [-0.25, -0.2) is 18.8 Å². The average Bonchev–Trinajstić information content (AvgIpc) is 2.64. The van der Waals surface area contributed by atoms with Crippen LogP contribution in [0.25, 0.3) is 0 Å². The Morgan fingerprint density at radius 2 is 2.00 bits per heavy atom. The van der Waals surface area contributed by atoms with Crippen molar-refractivity contribution in [3.8, 4) is 0 Å². The van der Waals surface area contributed by atoms with Crippen molar-refractivity contribution >= 4 is 41.4 Å². The molecular formula is C17H20F2IN5O. The molecule has 0 aliphatic carbocycles. The number of ether oxygens (including phenoxy) is 1.